The smallest absolute Gasteiger partial charge is 0.182 e. The van der Waals surface area contributed by atoms with E-state index in [1.54, 1.807) is 0 Å². The average Bonchev–Trinajstić information content (AvgIpc) is 2.53. The third kappa shape index (κ3) is 3.30. The van der Waals surface area contributed by atoms with Crippen molar-refractivity contribution in [2.75, 3.05) is 5.75 Å². The van der Waals surface area contributed by atoms with Gasteiger partial charge < -0.3 is 0 Å². The molecule has 3 nitrogen and oxygen atoms in total. The first-order chi connectivity index (χ1) is 10.6. The van der Waals surface area contributed by atoms with Crippen molar-refractivity contribution in [2.45, 2.75) is 0 Å². The van der Waals surface area contributed by atoms with Crippen LogP contribution < -0.4 is 5.43 Å². The van der Waals surface area contributed by atoms with E-state index in [2.05, 4.69) is 15.5 Å². The number of aliphatic imine (C=N–C) groups is 1. The Kier molecular flexibility index (Phi) is 4.15. The molecule has 1 aliphatic rings. The zero-order valence-corrected chi connectivity index (χ0v) is 12.0. The Balaban J connectivity index is 1.79. The molecule has 0 spiro atoms. The number of rotatable bonds is 2. The number of hydrazone groups is 1. The van der Waals surface area contributed by atoms with Crippen molar-refractivity contribution in [3.63, 3.8) is 0 Å². The summed E-state index contributed by atoms with van der Waals surface area (Å²) in [5, 5.41) is 4.54. The Morgan fingerprint density at radius 2 is 1.73 bits per heavy atom. The molecular weight excluding hydrogens is 311 g/mol. The van der Waals surface area contributed by atoms with Gasteiger partial charge in [-0.25, -0.2) is 18.2 Å². The molecule has 112 valence electrons. The Bertz CT molecular complexity index is 757. The molecule has 0 aliphatic carbocycles. The van der Waals surface area contributed by atoms with Gasteiger partial charge >= 0.3 is 0 Å². The second kappa shape index (κ2) is 6.23. The summed E-state index contributed by atoms with van der Waals surface area (Å²) in [6.07, 6.45) is 0. The highest BCUT2D eigenvalue weighted by molar-refractivity contribution is 8.14. The van der Waals surface area contributed by atoms with Gasteiger partial charge in [-0.2, -0.15) is 5.10 Å². The lowest BCUT2D eigenvalue weighted by Crippen LogP contribution is -2.25. The maximum atomic E-state index is 13.7. The van der Waals surface area contributed by atoms with Crippen molar-refractivity contribution in [3.05, 3.63) is 65.5 Å². The summed E-state index contributed by atoms with van der Waals surface area (Å²) in [5.41, 5.74) is 3.80. The number of nitrogens with one attached hydrogen (secondary N) is 1. The minimum Gasteiger partial charge on any atom is -0.255 e. The molecule has 0 unspecified atom stereocenters. The van der Waals surface area contributed by atoms with E-state index < -0.39 is 11.6 Å². The van der Waals surface area contributed by atoms with Gasteiger partial charge in [0.15, 0.2) is 5.17 Å². The van der Waals surface area contributed by atoms with Gasteiger partial charge in [-0.3, -0.25) is 5.43 Å². The fraction of sp³-hybridized carbons (Fsp3) is 0.0667. The first kappa shape index (κ1) is 14.6. The van der Waals surface area contributed by atoms with E-state index in [4.69, 9.17) is 0 Å². The van der Waals surface area contributed by atoms with E-state index in [1.165, 1.54) is 36.0 Å². The van der Waals surface area contributed by atoms with Crippen LogP contribution >= 0.6 is 11.8 Å². The molecular formula is C15H10F3N3S. The summed E-state index contributed by atoms with van der Waals surface area (Å²) in [4.78, 5) is 4.25. The van der Waals surface area contributed by atoms with Crippen LogP contribution in [0.4, 0.5) is 18.9 Å². The van der Waals surface area contributed by atoms with Crippen LogP contribution in [-0.4, -0.2) is 16.6 Å². The molecule has 0 saturated heterocycles. The number of nitrogens with zero attached hydrogens (tertiary/aromatic N) is 2. The molecule has 0 atom stereocenters. The molecule has 0 aromatic heterocycles. The van der Waals surface area contributed by atoms with Crippen molar-refractivity contribution in [3.8, 4) is 0 Å². The SMILES string of the molecule is Fc1ccc(N=C2NN=C(c3cc(F)ccc3F)CS2)cc1. The minimum absolute atomic E-state index is 0.126. The lowest BCUT2D eigenvalue weighted by atomic mass is 10.1. The van der Waals surface area contributed by atoms with Gasteiger partial charge in [0.05, 0.1) is 11.4 Å². The second-order valence-electron chi connectivity index (χ2n) is 4.48. The zero-order valence-electron chi connectivity index (χ0n) is 11.2. The molecule has 22 heavy (non-hydrogen) atoms. The monoisotopic (exact) mass is 321 g/mol. The van der Waals surface area contributed by atoms with Gasteiger partial charge in [0, 0.05) is 11.3 Å². The van der Waals surface area contributed by atoms with Crippen molar-refractivity contribution in [1.29, 1.82) is 0 Å². The Morgan fingerprint density at radius 3 is 2.41 bits per heavy atom. The predicted octanol–water partition coefficient (Wildman–Crippen LogP) is 3.83. The van der Waals surface area contributed by atoms with Gasteiger partial charge in [0.1, 0.15) is 17.5 Å². The topological polar surface area (TPSA) is 36.8 Å². The molecule has 0 fully saturated rings. The lowest BCUT2D eigenvalue weighted by Gasteiger charge is -2.15. The van der Waals surface area contributed by atoms with Crippen LogP contribution in [0.1, 0.15) is 5.56 Å². The largest absolute Gasteiger partial charge is 0.255 e. The number of hydrogen-bond acceptors (Lipinski definition) is 3. The third-order valence-corrected chi connectivity index (χ3v) is 3.80. The van der Waals surface area contributed by atoms with Gasteiger partial charge in [-0.1, -0.05) is 11.8 Å². The fourth-order valence-corrected chi connectivity index (χ4v) is 2.64. The lowest BCUT2D eigenvalue weighted by molar-refractivity contribution is 0.598. The molecule has 1 heterocycles. The van der Waals surface area contributed by atoms with Crippen LogP contribution in [0.5, 0.6) is 0 Å². The summed E-state index contributed by atoms with van der Waals surface area (Å²) in [6, 6.07) is 8.93. The van der Waals surface area contributed by atoms with Crippen molar-refractivity contribution < 1.29 is 13.2 Å². The van der Waals surface area contributed by atoms with E-state index in [1.807, 2.05) is 0 Å². The summed E-state index contributed by atoms with van der Waals surface area (Å²) in [6.45, 7) is 0. The summed E-state index contributed by atoms with van der Waals surface area (Å²) in [7, 11) is 0. The molecule has 2 aromatic carbocycles. The molecule has 0 bridgehead atoms. The number of hydrogen-bond donors (Lipinski definition) is 1. The highest BCUT2D eigenvalue weighted by atomic mass is 32.2. The first-order valence-corrected chi connectivity index (χ1v) is 7.35. The Labute approximate surface area is 129 Å². The van der Waals surface area contributed by atoms with Crippen LogP contribution in [0, 0.1) is 17.5 Å². The molecule has 0 saturated carbocycles. The zero-order chi connectivity index (χ0) is 15.5. The standard InChI is InChI=1S/C15H10F3N3S/c16-9-1-4-11(5-2-9)19-15-21-20-14(8-22-15)12-7-10(17)3-6-13(12)18/h1-7H,8H2,(H,19,21). The average molecular weight is 321 g/mol. The maximum Gasteiger partial charge on any atom is 0.182 e. The molecule has 0 amide bonds. The van der Waals surface area contributed by atoms with E-state index in [9.17, 15) is 13.2 Å². The van der Waals surface area contributed by atoms with Crippen molar-refractivity contribution >= 4 is 28.3 Å². The summed E-state index contributed by atoms with van der Waals surface area (Å²) in [5.74, 6) is -1.03. The molecule has 2 aromatic rings. The molecule has 0 radical (unpaired) electrons. The summed E-state index contributed by atoms with van der Waals surface area (Å²) >= 11 is 1.30. The fourth-order valence-electron chi connectivity index (χ4n) is 1.86. The van der Waals surface area contributed by atoms with Crippen LogP contribution in [0.2, 0.25) is 0 Å². The van der Waals surface area contributed by atoms with E-state index in [0.717, 1.165) is 18.2 Å². The Hall–Kier alpha value is -2.28. The number of halogens is 3. The second-order valence-corrected chi connectivity index (χ2v) is 5.44. The van der Waals surface area contributed by atoms with Gasteiger partial charge in [0.25, 0.3) is 0 Å². The van der Waals surface area contributed by atoms with Crippen LogP contribution in [-0.2, 0) is 0 Å². The number of benzene rings is 2. The van der Waals surface area contributed by atoms with Crippen molar-refractivity contribution in [1.82, 2.24) is 5.43 Å². The minimum atomic E-state index is -0.526. The summed E-state index contributed by atoms with van der Waals surface area (Å²) < 4.78 is 39.7. The molecule has 1 aliphatic heterocycles. The van der Waals surface area contributed by atoms with Crippen LogP contribution in [0.25, 0.3) is 0 Å². The van der Waals surface area contributed by atoms with Gasteiger partial charge in [-0.15, -0.1) is 0 Å². The molecule has 1 N–H and O–H groups in total. The molecule has 3 rings (SSSR count). The predicted molar refractivity (Wildman–Crippen MR) is 82.0 cm³/mol. The van der Waals surface area contributed by atoms with E-state index in [-0.39, 0.29) is 11.4 Å². The normalized spacial score (nSPS) is 16.3. The van der Waals surface area contributed by atoms with Gasteiger partial charge in [-0.05, 0) is 42.5 Å². The van der Waals surface area contributed by atoms with E-state index in [0.29, 0.717) is 22.3 Å². The maximum absolute atomic E-state index is 13.7. The quantitative estimate of drug-likeness (QED) is 0.912. The first-order valence-electron chi connectivity index (χ1n) is 6.37. The highest BCUT2D eigenvalue weighted by Crippen LogP contribution is 2.20. The molecule has 7 heteroatoms. The number of amidine groups is 1. The van der Waals surface area contributed by atoms with Crippen molar-refractivity contribution in [2.24, 2.45) is 10.1 Å². The van der Waals surface area contributed by atoms with Crippen LogP contribution in [0.15, 0.2) is 52.6 Å². The van der Waals surface area contributed by atoms with E-state index >= 15 is 0 Å². The number of thioether (sulfide) groups is 1. The van der Waals surface area contributed by atoms with Crippen LogP contribution in [0.3, 0.4) is 0 Å². The Morgan fingerprint density at radius 1 is 1.00 bits per heavy atom. The van der Waals surface area contributed by atoms with Gasteiger partial charge in [0.2, 0.25) is 0 Å². The highest BCUT2D eigenvalue weighted by Gasteiger charge is 2.17. The third-order valence-electron chi connectivity index (χ3n) is 2.93.